The van der Waals surface area contributed by atoms with Crippen LogP contribution in [-0.4, -0.2) is 27.5 Å². The van der Waals surface area contributed by atoms with Gasteiger partial charge in [-0.1, -0.05) is 84.1 Å². The highest BCUT2D eigenvalue weighted by atomic mass is 32.2. The Morgan fingerprint density at radius 2 is 1.70 bits per heavy atom. The second kappa shape index (κ2) is 12.3. The zero-order valence-corrected chi connectivity index (χ0v) is 27.7. The number of para-hydroxylation sites is 1. The van der Waals surface area contributed by atoms with Crippen molar-refractivity contribution in [2.45, 2.75) is 44.4 Å². The van der Waals surface area contributed by atoms with E-state index in [1.54, 1.807) is 16.3 Å². The van der Waals surface area contributed by atoms with Crippen LogP contribution in [-0.2, 0) is 16.1 Å². The van der Waals surface area contributed by atoms with Crippen LogP contribution in [0.3, 0.4) is 0 Å². The average Bonchev–Trinajstić information content (AvgIpc) is 3.56. The number of carbonyl (C=O) groups excluding carboxylic acids is 1. The number of allylic oxidation sites excluding steroid dienone is 1. The van der Waals surface area contributed by atoms with Crippen molar-refractivity contribution < 1.29 is 9.53 Å². The third kappa shape index (κ3) is 5.42. The minimum absolute atomic E-state index is 0.184. The second-order valence-corrected chi connectivity index (χ2v) is 13.6. The molecule has 0 radical (unpaired) electrons. The molecule has 0 unspecified atom stereocenters. The maximum Gasteiger partial charge on any atom is 0.338 e. The lowest BCUT2D eigenvalue weighted by Gasteiger charge is -2.25. The van der Waals surface area contributed by atoms with Gasteiger partial charge in [-0.25, -0.2) is 9.79 Å². The number of esters is 1. The number of rotatable bonds is 7. The number of thiazole rings is 1. The number of fused-ring (bicyclic) bond motifs is 3. The predicted molar refractivity (Wildman–Crippen MR) is 188 cm³/mol. The first-order chi connectivity index (χ1) is 22.3. The number of aromatic nitrogens is 2. The summed E-state index contributed by atoms with van der Waals surface area (Å²) < 4.78 is 10.1. The summed E-state index contributed by atoms with van der Waals surface area (Å²) in [5.41, 5.74) is 4.87. The third-order valence-corrected chi connectivity index (χ3v) is 10.1. The monoisotopic (exact) mass is 643 g/mol. The number of hydrogen-bond acceptors (Lipinski definition) is 6. The van der Waals surface area contributed by atoms with E-state index in [2.05, 4.69) is 65.4 Å². The van der Waals surface area contributed by atoms with E-state index in [-0.39, 0.29) is 11.7 Å². The number of benzene rings is 4. The van der Waals surface area contributed by atoms with Crippen molar-refractivity contribution in [3.8, 4) is 0 Å². The standard InChI is InChI=1S/C38H33N3O3S2/c1-23(2)44-37(43)34-24(3)39-38-41(35(34)26-16-18-29(45-4)19-17-26)36(42)33(46-38)20-28-22-40(32-15-8-7-14-31(28)32)21-27-12-9-11-25-10-5-6-13-30(25)27/h5-20,22-23,35H,21H2,1-4H3/b33-20-/t35-/m1/s1. The predicted octanol–water partition coefficient (Wildman–Crippen LogP) is 7.06. The van der Waals surface area contributed by atoms with E-state index in [0.717, 1.165) is 26.9 Å². The van der Waals surface area contributed by atoms with Gasteiger partial charge in [-0.05, 0) is 73.2 Å². The molecule has 1 atom stereocenters. The molecule has 8 heteroatoms. The van der Waals surface area contributed by atoms with Gasteiger partial charge in [0.1, 0.15) is 0 Å². The molecule has 6 aromatic rings. The Morgan fingerprint density at radius 1 is 0.978 bits per heavy atom. The molecule has 6 nitrogen and oxygen atoms in total. The lowest BCUT2D eigenvalue weighted by molar-refractivity contribution is -0.143. The smallest absolute Gasteiger partial charge is 0.338 e. The SMILES string of the molecule is CSc1ccc([C@@H]2C(C(=O)OC(C)C)=C(C)N=c3s/c(=C\c4cn(Cc5cccc6ccccc56)c5ccccc45)c(=O)n32)cc1. The van der Waals surface area contributed by atoms with Crippen LogP contribution in [0.4, 0.5) is 0 Å². The first-order valence-corrected chi connectivity index (χ1v) is 17.3. The van der Waals surface area contributed by atoms with Gasteiger partial charge < -0.3 is 9.30 Å². The van der Waals surface area contributed by atoms with Gasteiger partial charge in [0.05, 0.1) is 27.9 Å². The van der Waals surface area contributed by atoms with E-state index in [9.17, 15) is 9.59 Å². The minimum atomic E-state index is -0.645. The van der Waals surface area contributed by atoms with Gasteiger partial charge in [0.2, 0.25) is 0 Å². The quantitative estimate of drug-likeness (QED) is 0.138. The van der Waals surface area contributed by atoms with Crippen LogP contribution in [0.15, 0.2) is 123 Å². The summed E-state index contributed by atoms with van der Waals surface area (Å²) in [7, 11) is 0. The third-order valence-electron chi connectivity index (χ3n) is 8.34. The molecule has 0 amide bonds. The van der Waals surface area contributed by atoms with E-state index >= 15 is 0 Å². The molecule has 230 valence electrons. The van der Waals surface area contributed by atoms with E-state index in [0.29, 0.717) is 27.1 Å². The highest BCUT2D eigenvalue weighted by molar-refractivity contribution is 7.98. The molecule has 7 rings (SSSR count). The molecular weight excluding hydrogens is 611 g/mol. The minimum Gasteiger partial charge on any atom is -0.459 e. The normalized spacial score (nSPS) is 15.1. The highest BCUT2D eigenvalue weighted by Crippen LogP contribution is 2.32. The number of ether oxygens (including phenoxy) is 1. The number of hydrogen-bond donors (Lipinski definition) is 0. The maximum absolute atomic E-state index is 14.3. The molecule has 0 N–H and O–H groups in total. The van der Waals surface area contributed by atoms with E-state index in [1.165, 1.54) is 27.7 Å². The molecule has 0 saturated heterocycles. The summed E-state index contributed by atoms with van der Waals surface area (Å²) in [6.45, 7) is 6.16. The highest BCUT2D eigenvalue weighted by Gasteiger charge is 2.33. The van der Waals surface area contributed by atoms with E-state index < -0.39 is 12.0 Å². The summed E-state index contributed by atoms with van der Waals surface area (Å²) in [5, 5.41) is 3.50. The fraction of sp³-hybridized carbons (Fsp3) is 0.184. The maximum atomic E-state index is 14.3. The molecule has 0 bridgehead atoms. The summed E-state index contributed by atoms with van der Waals surface area (Å²) in [5.74, 6) is -0.457. The molecule has 2 aromatic heterocycles. The van der Waals surface area contributed by atoms with Gasteiger partial charge in [0.25, 0.3) is 5.56 Å². The van der Waals surface area contributed by atoms with Crippen molar-refractivity contribution in [3.63, 3.8) is 0 Å². The molecule has 1 aliphatic heterocycles. The van der Waals surface area contributed by atoms with Gasteiger partial charge in [-0.3, -0.25) is 9.36 Å². The Balaban J connectivity index is 1.37. The lowest BCUT2D eigenvalue weighted by Crippen LogP contribution is -2.40. The van der Waals surface area contributed by atoms with Gasteiger partial charge in [-0.2, -0.15) is 0 Å². The molecule has 46 heavy (non-hydrogen) atoms. The molecule has 1 aliphatic rings. The van der Waals surface area contributed by atoms with Crippen LogP contribution in [0.5, 0.6) is 0 Å². The molecule has 0 saturated carbocycles. The van der Waals surface area contributed by atoms with Crippen LogP contribution in [0.25, 0.3) is 27.8 Å². The van der Waals surface area contributed by atoms with Gasteiger partial charge in [-0.15, -0.1) is 11.8 Å². The molecule has 3 heterocycles. The molecule has 0 fully saturated rings. The first-order valence-electron chi connectivity index (χ1n) is 15.2. The first kappa shape index (κ1) is 30.0. The fourth-order valence-electron chi connectivity index (χ4n) is 6.24. The molecular formula is C38H33N3O3S2. The lowest BCUT2D eigenvalue weighted by atomic mass is 9.96. The van der Waals surface area contributed by atoms with E-state index in [4.69, 9.17) is 9.73 Å². The molecule has 0 spiro atoms. The van der Waals surface area contributed by atoms with Gasteiger partial charge >= 0.3 is 5.97 Å². The summed E-state index contributed by atoms with van der Waals surface area (Å²) in [6, 6.07) is 30.5. The van der Waals surface area contributed by atoms with Crippen LogP contribution >= 0.6 is 23.1 Å². The van der Waals surface area contributed by atoms with Crippen molar-refractivity contribution in [1.82, 2.24) is 9.13 Å². The molecule has 0 aliphatic carbocycles. The zero-order chi connectivity index (χ0) is 31.9. The van der Waals surface area contributed by atoms with Crippen molar-refractivity contribution in [2.75, 3.05) is 6.26 Å². The Labute approximate surface area is 275 Å². The largest absolute Gasteiger partial charge is 0.459 e. The van der Waals surface area contributed by atoms with Gasteiger partial charge in [0.15, 0.2) is 4.80 Å². The zero-order valence-electron chi connectivity index (χ0n) is 26.1. The van der Waals surface area contributed by atoms with Crippen molar-refractivity contribution >= 4 is 56.8 Å². The Kier molecular flexibility index (Phi) is 8.01. The van der Waals surface area contributed by atoms with Crippen molar-refractivity contribution in [2.24, 2.45) is 4.99 Å². The second-order valence-electron chi connectivity index (χ2n) is 11.7. The summed E-state index contributed by atoms with van der Waals surface area (Å²) >= 11 is 2.99. The van der Waals surface area contributed by atoms with Crippen LogP contribution < -0.4 is 14.9 Å². The summed E-state index contributed by atoms with van der Waals surface area (Å²) in [4.78, 5) is 34.2. The Bertz CT molecular complexity index is 2340. The number of carbonyl (C=O) groups is 1. The average molecular weight is 644 g/mol. The van der Waals surface area contributed by atoms with Crippen LogP contribution in [0.2, 0.25) is 0 Å². The topological polar surface area (TPSA) is 65.6 Å². The fourth-order valence-corrected chi connectivity index (χ4v) is 7.68. The number of thioether (sulfide) groups is 1. The van der Waals surface area contributed by atoms with Crippen LogP contribution in [0, 0.1) is 0 Å². The molecule has 4 aromatic carbocycles. The van der Waals surface area contributed by atoms with E-state index in [1.807, 2.05) is 69.5 Å². The Morgan fingerprint density at radius 3 is 2.46 bits per heavy atom. The van der Waals surface area contributed by atoms with Crippen molar-refractivity contribution in [1.29, 1.82) is 0 Å². The summed E-state index contributed by atoms with van der Waals surface area (Å²) in [6.07, 6.45) is 5.81. The Hall–Kier alpha value is -4.66. The van der Waals surface area contributed by atoms with Crippen LogP contribution in [0.1, 0.15) is 43.5 Å². The number of nitrogens with zero attached hydrogens (tertiary/aromatic N) is 3. The van der Waals surface area contributed by atoms with Crippen molar-refractivity contribution in [3.05, 3.63) is 145 Å². The van der Waals surface area contributed by atoms with Gasteiger partial charge in [0, 0.05) is 34.1 Å².